The molecule has 0 aromatic heterocycles. The first-order valence-corrected chi connectivity index (χ1v) is 9.05. The fraction of sp³-hybridized carbons (Fsp3) is 0.381. The van der Waals surface area contributed by atoms with E-state index in [9.17, 15) is 4.79 Å². The summed E-state index contributed by atoms with van der Waals surface area (Å²) in [7, 11) is 0. The summed E-state index contributed by atoms with van der Waals surface area (Å²) in [5.74, 6) is 0.814. The van der Waals surface area contributed by atoms with Gasteiger partial charge in [0, 0.05) is 24.3 Å². The van der Waals surface area contributed by atoms with Crippen molar-refractivity contribution in [2.24, 2.45) is 0 Å². The summed E-state index contributed by atoms with van der Waals surface area (Å²) in [6.45, 7) is 7.50. The van der Waals surface area contributed by atoms with E-state index in [1.54, 1.807) is 0 Å². The lowest BCUT2D eigenvalue weighted by Gasteiger charge is -2.15. The highest BCUT2D eigenvalue weighted by molar-refractivity contribution is 5.91. The molecule has 0 aliphatic rings. The highest BCUT2D eigenvalue weighted by Gasteiger charge is 2.07. The minimum absolute atomic E-state index is 0.00341. The fourth-order valence-corrected chi connectivity index (χ4v) is 2.80. The molecule has 0 unspecified atom stereocenters. The summed E-state index contributed by atoms with van der Waals surface area (Å²) in [6, 6.07) is 13.8. The van der Waals surface area contributed by atoms with E-state index in [1.807, 2.05) is 31.2 Å². The van der Waals surface area contributed by atoms with Crippen LogP contribution in [0.2, 0.25) is 0 Å². The van der Waals surface area contributed by atoms with Gasteiger partial charge in [-0.05, 0) is 55.2 Å². The molecule has 2 rings (SSSR count). The first-order chi connectivity index (χ1) is 12.2. The van der Waals surface area contributed by atoms with Crippen molar-refractivity contribution in [2.75, 3.05) is 23.8 Å². The third-order valence-corrected chi connectivity index (χ3v) is 4.10. The highest BCUT2D eigenvalue weighted by Crippen LogP contribution is 2.22. The van der Waals surface area contributed by atoms with Gasteiger partial charge in [0.2, 0.25) is 5.91 Å². The number of hydrogen-bond donors (Lipinski definition) is 2. The molecule has 134 valence electrons. The Bertz CT molecular complexity index is 659. The SMILES string of the molecule is CCOc1ccc(NC(=O)CCNc2c(CC)cccc2CC)cc1. The number of carbonyl (C=O) groups is 1. The van der Waals surface area contributed by atoms with Gasteiger partial charge in [-0.25, -0.2) is 0 Å². The quantitative estimate of drug-likeness (QED) is 0.698. The van der Waals surface area contributed by atoms with Gasteiger partial charge in [0.1, 0.15) is 5.75 Å². The highest BCUT2D eigenvalue weighted by atomic mass is 16.5. The standard InChI is InChI=1S/C21H28N2O2/c1-4-16-8-7-9-17(5-2)21(16)22-15-14-20(24)23-18-10-12-19(13-11-18)25-6-3/h7-13,22H,4-6,14-15H2,1-3H3,(H,23,24). The zero-order valence-corrected chi connectivity index (χ0v) is 15.4. The molecule has 0 heterocycles. The number of aryl methyl sites for hydroxylation is 2. The van der Waals surface area contributed by atoms with Crippen molar-refractivity contribution in [3.63, 3.8) is 0 Å². The molecule has 1 amide bonds. The van der Waals surface area contributed by atoms with Crippen LogP contribution in [0.1, 0.15) is 38.3 Å². The van der Waals surface area contributed by atoms with Crippen LogP contribution < -0.4 is 15.4 Å². The molecular formula is C21H28N2O2. The predicted molar refractivity (Wildman–Crippen MR) is 105 cm³/mol. The Labute approximate surface area is 150 Å². The average Bonchev–Trinajstić information content (AvgIpc) is 2.63. The largest absolute Gasteiger partial charge is 0.494 e. The smallest absolute Gasteiger partial charge is 0.226 e. The summed E-state index contributed by atoms with van der Waals surface area (Å²) in [4.78, 5) is 12.1. The molecule has 25 heavy (non-hydrogen) atoms. The molecule has 2 N–H and O–H groups in total. The van der Waals surface area contributed by atoms with Gasteiger partial charge >= 0.3 is 0 Å². The molecule has 0 saturated carbocycles. The lowest BCUT2D eigenvalue weighted by Crippen LogP contribution is -2.17. The van der Waals surface area contributed by atoms with Crippen LogP contribution in [0.15, 0.2) is 42.5 Å². The van der Waals surface area contributed by atoms with E-state index in [0.29, 0.717) is 19.6 Å². The topological polar surface area (TPSA) is 50.4 Å². The van der Waals surface area contributed by atoms with Crippen LogP contribution in [0.3, 0.4) is 0 Å². The normalized spacial score (nSPS) is 10.4. The number of benzene rings is 2. The van der Waals surface area contributed by atoms with Crippen molar-refractivity contribution in [1.29, 1.82) is 0 Å². The van der Waals surface area contributed by atoms with Gasteiger partial charge in [-0.1, -0.05) is 32.0 Å². The average molecular weight is 340 g/mol. The Morgan fingerprint density at radius 3 is 2.16 bits per heavy atom. The van der Waals surface area contributed by atoms with E-state index in [4.69, 9.17) is 4.74 Å². The fourth-order valence-electron chi connectivity index (χ4n) is 2.80. The van der Waals surface area contributed by atoms with Gasteiger partial charge in [-0.15, -0.1) is 0 Å². The summed E-state index contributed by atoms with van der Waals surface area (Å²) < 4.78 is 5.40. The van der Waals surface area contributed by atoms with Crippen molar-refractivity contribution in [3.8, 4) is 5.75 Å². The molecule has 0 aliphatic carbocycles. The Morgan fingerprint density at radius 1 is 0.960 bits per heavy atom. The van der Waals surface area contributed by atoms with Gasteiger partial charge in [0.15, 0.2) is 0 Å². The molecule has 2 aromatic carbocycles. The number of anilines is 2. The molecule has 2 aromatic rings. The van der Waals surface area contributed by atoms with E-state index in [-0.39, 0.29) is 5.91 Å². The van der Waals surface area contributed by atoms with Crippen molar-refractivity contribution >= 4 is 17.3 Å². The molecule has 0 fully saturated rings. The molecule has 0 bridgehead atoms. The van der Waals surface area contributed by atoms with Crippen molar-refractivity contribution < 1.29 is 9.53 Å². The maximum absolute atomic E-state index is 12.1. The Kier molecular flexibility index (Phi) is 7.33. The van der Waals surface area contributed by atoms with Crippen LogP contribution in [-0.2, 0) is 17.6 Å². The van der Waals surface area contributed by atoms with E-state index in [0.717, 1.165) is 24.3 Å². The first-order valence-electron chi connectivity index (χ1n) is 9.05. The number of nitrogens with one attached hydrogen (secondary N) is 2. The summed E-state index contributed by atoms with van der Waals surface area (Å²) in [5.41, 5.74) is 4.57. The van der Waals surface area contributed by atoms with Crippen LogP contribution in [-0.4, -0.2) is 19.1 Å². The Hall–Kier alpha value is -2.49. The number of rotatable bonds is 9. The van der Waals surface area contributed by atoms with Crippen molar-refractivity contribution in [2.45, 2.75) is 40.0 Å². The molecule has 0 spiro atoms. The minimum Gasteiger partial charge on any atom is -0.494 e. The Balaban J connectivity index is 1.86. The van der Waals surface area contributed by atoms with E-state index in [2.05, 4.69) is 42.7 Å². The number of para-hydroxylation sites is 1. The zero-order valence-electron chi connectivity index (χ0n) is 15.4. The summed E-state index contributed by atoms with van der Waals surface area (Å²) in [6.07, 6.45) is 2.39. The number of amides is 1. The molecular weight excluding hydrogens is 312 g/mol. The number of hydrogen-bond acceptors (Lipinski definition) is 3. The van der Waals surface area contributed by atoms with Gasteiger partial charge in [0.25, 0.3) is 0 Å². The lowest BCUT2D eigenvalue weighted by atomic mass is 10.0. The summed E-state index contributed by atoms with van der Waals surface area (Å²) in [5, 5.41) is 6.37. The number of carbonyl (C=O) groups excluding carboxylic acids is 1. The van der Waals surface area contributed by atoms with Crippen LogP contribution in [0.4, 0.5) is 11.4 Å². The molecule has 0 radical (unpaired) electrons. The predicted octanol–water partition coefficient (Wildman–Crippen LogP) is 4.65. The van der Waals surface area contributed by atoms with Gasteiger partial charge in [-0.2, -0.15) is 0 Å². The van der Waals surface area contributed by atoms with Gasteiger partial charge in [0.05, 0.1) is 6.61 Å². The number of ether oxygens (including phenoxy) is 1. The maximum Gasteiger partial charge on any atom is 0.226 e. The van der Waals surface area contributed by atoms with E-state index in [1.165, 1.54) is 16.8 Å². The van der Waals surface area contributed by atoms with Crippen LogP contribution in [0.25, 0.3) is 0 Å². The van der Waals surface area contributed by atoms with E-state index < -0.39 is 0 Å². The second kappa shape index (κ2) is 9.72. The molecule has 0 saturated heterocycles. The molecule has 4 heteroatoms. The second-order valence-corrected chi connectivity index (χ2v) is 5.84. The third kappa shape index (κ3) is 5.52. The van der Waals surface area contributed by atoms with Crippen molar-refractivity contribution in [3.05, 3.63) is 53.6 Å². The van der Waals surface area contributed by atoms with Crippen LogP contribution in [0, 0.1) is 0 Å². The second-order valence-electron chi connectivity index (χ2n) is 5.84. The first kappa shape index (κ1) is 18.8. The van der Waals surface area contributed by atoms with Crippen LogP contribution >= 0.6 is 0 Å². The van der Waals surface area contributed by atoms with Gasteiger partial charge < -0.3 is 15.4 Å². The van der Waals surface area contributed by atoms with Gasteiger partial charge in [-0.3, -0.25) is 4.79 Å². The monoisotopic (exact) mass is 340 g/mol. The maximum atomic E-state index is 12.1. The zero-order chi connectivity index (χ0) is 18.1. The lowest BCUT2D eigenvalue weighted by molar-refractivity contribution is -0.115. The molecule has 0 atom stereocenters. The third-order valence-electron chi connectivity index (χ3n) is 4.10. The van der Waals surface area contributed by atoms with E-state index >= 15 is 0 Å². The van der Waals surface area contributed by atoms with Crippen LogP contribution in [0.5, 0.6) is 5.75 Å². The van der Waals surface area contributed by atoms with Crippen molar-refractivity contribution in [1.82, 2.24) is 0 Å². The minimum atomic E-state index is 0.00341. The summed E-state index contributed by atoms with van der Waals surface area (Å²) >= 11 is 0. The molecule has 0 aliphatic heterocycles. The Morgan fingerprint density at radius 2 is 1.60 bits per heavy atom. The molecule has 4 nitrogen and oxygen atoms in total.